The maximum atomic E-state index is 4.88. The van der Waals surface area contributed by atoms with Crippen LogP contribution in [0.3, 0.4) is 0 Å². The predicted octanol–water partition coefficient (Wildman–Crippen LogP) is 1.74. The highest BCUT2D eigenvalue weighted by molar-refractivity contribution is 5.34. The molecule has 0 bridgehead atoms. The van der Waals surface area contributed by atoms with E-state index in [0.29, 0.717) is 5.89 Å². The molecule has 5 heteroatoms. The zero-order valence-corrected chi connectivity index (χ0v) is 9.40. The Hall–Kier alpha value is -1.91. The quantitative estimate of drug-likeness (QED) is 0.846. The molecule has 1 N–H and O–H groups in total. The summed E-state index contributed by atoms with van der Waals surface area (Å²) in [6, 6.07) is 5.88. The average Bonchev–Trinajstić information content (AvgIpc) is 2.64. The average molecular weight is 218 g/mol. The van der Waals surface area contributed by atoms with Gasteiger partial charge in [0, 0.05) is 25.6 Å². The van der Waals surface area contributed by atoms with Crippen LogP contribution in [0.1, 0.15) is 17.4 Å². The Morgan fingerprint density at radius 3 is 2.81 bits per heavy atom. The summed E-state index contributed by atoms with van der Waals surface area (Å²) in [5, 5.41) is 7.03. The van der Waals surface area contributed by atoms with E-state index in [-0.39, 0.29) is 0 Å². The number of pyridine rings is 1. The molecule has 0 fully saturated rings. The van der Waals surface area contributed by atoms with Gasteiger partial charge in [-0.1, -0.05) is 11.2 Å². The third-order valence-corrected chi connectivity index (χ3v) is 2.11. The van der Waals surface area contributed by atoms with Crippen molar-refractivity contribution in [1.29, 1.82) is 0 Å². The second kappa shape index (κ2) is 4.74. The summed E-state index contributed by atoms with van der Waals surface area (Å²) >= 11 is 0. The minimum absolute atomic E-state index is 0.601. The van der Waals surface area contributed by atoms with E-state index in [4.69, 9.17) is 4.52 Å². The van der Waals surface area contributed by atoms with Gasteiger partial charge in [-0.2, -0.15) is 4.98 Å². The summed E-state index contributed by atoms with van der Waals surface area (Å²) < 4.78 is 4.88. The number of rotatable bonds is 4. The van der Waals surface area contributed by atoms with Crippen molar-refractivity contribution in [3.8, 4) is 0 Å². The lowest BCUT2D eigenvalue weighted by molar-refractivity contribution is 0.387. The van der Waals surface area contributed by atoms with Gasteiger partial charge >= 0.3 is 0 Å². The molecule has 2 heterocycles. The fraction of sp³-hybridized carbons (Fsp3) is 0.364. The van der Waals surface area contributed by atoms with E-state index in [0.717, 1.165) is 30.3 Å². The normalized spacial score (nSPS) is 10.4. The monoisotopic (exact) mass is 218 g/mol. The molecule has 0 aliphatic heterocycles. The number of anilines is 1. The van der Waals surface area contributed by atoms with Gasteiger partial charge in [0.05, 0.1) is 0 Å². The molecule has 2 aromatic heterocycles. The first kappa shape index (κ1) is 10.6. The first-order valence-electron chi connectivity index (χ1n) is 5.21. The van der Waals surface area contributed by atoms with Crippen LogP contribution in [0.2, 0.25) is 0 Å². The molecule has 0 aliphatic rings. The van der Waals surface area contributed by atoms with Crippen LogP contribution in [0.5, 0.6) is 0 Å². The van der Waals surface area contributed by atoms with Gasteiger partial charge in [0.15, 0.2) is 5.82 Å². The smallest absolute Gasteiger partial charge is 0.223 e. The van der Waals surface area contributed by atoms with Crippen LogP contribution in [-0.2, 0) is 6.42 Å². The first-order chi connectivity index (χ1) is 7.74. The van der Waals surface area contributed by atoms with Crippen molar-refractivity contribution in [2.45, 2.75) is 20.3 Å². The summed E-state index contributed by atoms with van der Waals surface area (Å²) in [6.07, 6.45) is 0.729. The molecule has 2 rings (SSSR count). The summed E-state index contributed by atoms with van der Waals surface area (Å²) in [4.78, 5) is 8.46. The van der Waals surface area contributed by atoms with E-state index in [2.05, 4.69) is 20.4 Å². The Balaban J connectivity index is 1.84. The molecular weight excluding hydrogens is 204 g/mol. The van der Waals surface area contributed by atoms with E-state index < -0.39 is 0 Å². The number of hydrogen-bond donors (Lipinski definition) is 1. The Kier molecular flexibility index (Phi) is 3.14. The molecule has 0 atom stereocenters. The van der Waals surface area contributed by atoms with Crippen LogP contribution in [0.15, 0.2) is 22.7 Å². The van der Waals surface area contributed by atoms with Crippen molar-refractivity contribution in [3.63, 3.8) is 0 Å². The molecule has 0 spiro atoms. The van der Waals surface area contributed by atoms with Crippen molar-refractivity contribution in [2.24, 2.45) is 0 Å². The molecular formula is C11H14N4O. The lowest BCUT2D eigenvalue weighted by atomic mass is 10.3. The Morgan fingerprint density at radius 1 is 1.25 bits per heavy atom. The van der Waals surface area contributed by atoms with Gasteiger partial charge < -0.3 is 9.84 Å². The van der Waals surface area contributed by atoms with Crippen LogP contribution < -0.4 is 5.32 Å². The SMILES string of the molecule is Cc1cccc(NCCc2noc(C)n2)n1. The van der Waals surface area contributed by atoms with Crippen molar-refractivity contribution < 1.29 is 4.52 Å². The molecule has 0 aliphatic carbocycles. The Morgan fingerprint density at radius 2 is 2.12 bits per heavy atom. The largest absolute Gasteiger partial charge is 0.370 e. The number of aromatic nitrogens is 3. The highest BCUT2D eigenvalue weighted by Gasteiger charge is 2.01. The van der Waals surface area contributed by atoms with Gasteiger partial charge in [-0.05, 0) is 19.1 Å². The van der Waals surface area contributed by atoms with Gasteiger partial charge in [0.2, 0.25) is 5.89 Å². The maximum absolute atomic E-state index is 4.88. The van der Waals surface area contributed by atoms with Crippen molar-refractivity contribution >= 4 is 5.82 Å². The molecule has 84 valence electrons. The number of nitrogens with one attached hydrogen (secondary N) is 1. The predicted molar refractivity (Wildman–Crippen MR) is 60.2 cm³/mol. The highest BCUT2D eigenvalue weighted by Crippen LogP contribution is 2.04. The van der Waals surface area contributed by atoms with Crippen molar-refractivity contribution in [2.75, 3.05) is 11.9 Å². The number of aryl methyl sites for hydroxylation is 2. The lowest BCUT2D eigenvalue weighted by Crippen LogP contribution is -2.07. The molecule has 2 aromatic rings. The second-order valence-electron chi connectivity index (χ2n) is 3.57. The molecule has 0 unspecified atom stereocenters. The standard InChI is InChI=1S/C11H14N4O/c1-8-4-3-5-10(13-8)12-7-6-11-14-9(2)16-15-11/h3-5H,6-7H2,1-2H3,(H,12,13). The number of nitrogens with zero attached hydrogens (tertiary/aromatic N) is 3. The Labute approximate surface area is 93.9 Å². The van der Waals surface area contributed by atoms with E-state index in [1.807, 2.05) is 25.1 Å². The third-order valence-electron chi connectivity index (χ3n) is 2.11. The fourth-order valence-corrected chi connectivity index (χ4v) is 1.39. The fourth-order valence-electron chi connectivity index (χ4n) is 1.39. The first-order valence-corrected chi connectivity index (χ1v) is 5.21. The molecule has 0 saturated carbocycles. The lowest BCUT2D eigenvalue weighted by Gasteiger charge is -2.03. The van der Waals surface area contributed by atoms with E-state index in [1.54, 1.807) is 6.92 Å². The van der Waals surface area contributed by atoms with Crippen LogP contribution >= 0.6 is 0 Å². The zero-order valence-electron chi connectivity index (χ0n) is 9.40. The number of hydrogen-bond acceptors (Lipinski definition) is 5. The summed E-state index contributed by atoms with van der Waals surface area (Å²) in [6.45, 7) is 4.50. The van der Waals surface area contributed by atoms with Crippen LogP contribution in [0.4, 0.5) is 5.82 Å². The topological polar surface area (TPSA) is 63.8 Å². The molecule has 16 heavy (non-hydrogen) atoms. The van der Waals surface area contributed by atoms with Crippen molar-refractivity contribution in [3.05, 3.63) is 35.6 Å². The van der Waals surface area contributed by atoms with Crippen LogP contribution in [-0.4, -0.2) is 21.7 Å². The molecule has 0 amide bonds. The highest BCUT2D eigenvalue weighted by atomic mass is 16.5. The van der Waals surface area contributed by atoms with E-state index >= 15 is 0 Å². The molecule has 5 nitrogen and oxygen atoms in total. The van der Waals surface area contributed by atoms with Crippen molar-refractivity contribution in [1.82, 2.24) is 15.1 Å². The minimum Gasteiger partial charge on any atom is -0.370 e. The maximum Gasteiger partial charge on any atom is 0.223 e. The van der Waals surface area contributed by atoms with E-state index in [1.165, 1.54) is 0 Å². The summed E-state index contributed by atoms with van der Waals surface area (Å²) in [5.41, 5.74) is 1.00. The van der Waals surface area contributed by atoms with Gasteiger partial charge in [0.25, 0.3) is 0 Å². The molecule has 0 saturated heterocycles. The summed E-state index contributed by atoms with van der Waals surface area (Å²) in [5.74, 6) is 2.20. The zero-order chi connectivity index (χ0) is 11.4. The van der Waals surface area contributed by atoms with Gasteiger partial charge in [-0.15, -0.1) is 0 Å². The molecule has 0 radical (unpaired) electrons. The molecule has 0 aromatic carbocycles. The van der Waals surface area contributed by atoms with Gasteiger partial charge in [0.1, 0.15) is 5.82 Å². The van der Waals surface area contributed by atoms with Gasteiger partial charge in [-0.3, -0.25) is 0 Å². The third kappa shape index (κ3) is 2.79. The Bertz CT molecular complexity index is 467. The second-order valence-corrected chi connectivity index (χ2v) is 3.57. The summed E-state index contributed by atoms with van der Waals surface area (Å²) in [7, 11) is 0. The van der Waals surface area contributed by atoms with E-state index in [9.17, 15) is 0 Å². The minimum atomic E-state index is 0.601. The van der Waals surface area contributed by atoms with Gasteiger partial charge in [-0.25, -0.2) is 4.98 Å². The van der Waals surface area contributed by atoms with Crippen LogP contribution in [0.25, 0.3) is 0 Å². The van der Waals surface area contributed by atoms with Crippen LogP contribution in [0, 0.1) is 13.8 Å².